The van der Waals surface area contributed by atoms with E-state index in [4.69, 9.17) is 10.5 Å². The Labute approximate surface area is 116 Å². The maximum absolute atomic E-state index is 14.2. The summed E-state index contributed by atoms with van der Waals surface area (Å²) in [5.74, 6) is -0.0338. The van der Waals surface area contributed by atoms with Gasteiger partial charge in [0.2, 0.25) is 0 Å². The van der Waals surface area contributed by atoms with Gasteiger partial charge in [0.15, 0.2) is 5.82 Å². The van der Waals surface area contributed by atoms with Gasteiger partial charge in [-0.15, -0.1) is 5.10 Å². The summed E-state index contributed by atoms with van der Waals surface area (Å²) in [6.45, 7) is 5.86. The summed E-state index contributed by atoms with van der Waals surface area (Å²) in [5, 5.41) is 11.4. The van der Waals surface area contributed by atoms with Crippen molar-refractivity contribution in [2.45, 2.75) is 32.9 Å². The normalized spacial score (nSPS) is 11.8. The van der Waals surface area contributed by atoms with E-state index in [9.17, 15) is 4.39 Å². The summed E-state index contributed by atoms with van der Waals surface area (Å²) in [7, 11) is 1.61. The first kappa shape index (κ1) is 14.4. The third kappa shape index (κ3) is 2.77. The molecule has 0 aliphatic heterocycles. The Morgan fingerprint density at radius 1 is 1.40 bits per heavy atom. The number of hydrogen-bond donors (Lipinski definition) is 1. The molecule has 0 amide bonds. The standard InChI is InChI=1S/C13H18FN5O/c1-8-5-9(15)6-10(11(8)14)12-16-17-18-19(12)7-13(2,3)20-4/h5-6H,7,15H2,1-4H3. The molecule has 0 aliphatic carbocycles. The number of nitrogen functional groups attached to an aromatic ring is 1. The zero-order chi connectivity index (χ0) is 14.9. The fourth-order valence-corrected chi connectivity index (χ4v) is 1.89. The fraction of sp³-hybridized carbons (Fsp3) is 0.462. The van der Waals surface area contributed by atoms with Crippen molar-refractivity contribution < 1.29 is 9.13 Å². The highest BCUT2D eigenvalue weighted by Gasteiger charge is 2.23. The maximum Gasteiger partial charge on any atom is 0.185 e. The Bertz CT molecular complexity index is 623. The molecule has 1 heterocycles. The molecule has 108 valence electrons. The van der Waals surface area contributed by atoms with E-state index in [-0.39, 0.29) is 5.82 Å². The summed E-state index contributed by atoms with van der Waals surface area (Å²) in [6.07, 6.45) is 0. The minimum atomic E-state index is -0.462. The number of benzene rings is 1. The van der Waals surface area contributed by atoms with Crippen LogP contribution in [0.3, 0.4) is 0 Å². The van der Waals surface area contributed by atoms with E-state index in [1.54, 1.807) is 20.1 Å². The van der Waals surface area contributed by atoms with Crippen molar-refractivity contribution in [3.63, 3.8) is 0 Å². The molecule has 0 radical (unpaired) electrons. The van der Waals surface area contributed by atoms with Crippen molar-refractivity contribution >= 4 is 5.69 Å². The lowest BCUT2D eigenvalue weighted by molar-refractivity contribution is 0.00537. The van der Waals surface area contributed by atoms with E-state index in [1.165, 1.54) is 10.7 Å². The molecule has 2 rings (SSSR count). The summed E-state index contributed by atoms with van der Waals surface area (Å²) in [5.41, 5.74) is 6.53. The third-order valence-corrected chi connectivity index (χ3v) is 3.13. The Balaban J connectivity index is 2.48. The molecule has 0 saturated heterocycles. The smallest absolute Gasteiger partial charge is 0.185 e. The molecule has 0 spiro atoms. The van der Waals surface area contributed by atoms with Crippen LogP contribution in [0, 0.1) is 12.7 Å². The summed E-state index contributed by atoms with van der Waals surface area (Å²) in [4.78, 5) is 0. The first-order valence-electron chi connectivity index (χ1n) is 6.21. The first-order valence-corrected chi connectivity index (χ1v) is 6.21. The van der Waals surface area contributed by atoms with Crippen molar-refractivity contribution in [3.05, 3.63) is 23.5 Å². The number of nitrogens with two attached hydrogens (primary N) is 1. The molecule has 0 unspecified atom stereocenters. The average molecular weight is 279 g/mol. The number of ether oxygens (including phenoxy) is 1. The number of aryl methyl sites for hydroxylation is 1. The molecule has 6 nitrogen and oxygen atoms in total. The lowest BCUT2D eigenvalue weighted by Crippen LogP contribution is -2.30. The fourth-order valence-electron chi connectivity index (χ4n) is 1.89. The maximum atomic E-state index is 14.2. The van der Waals surface area contributed by atoms with Crippen molar-refractivity contribution in [3.8, 4) is 11.4 Å². The van der Waals surface area contributed by atoms with Crippen molar-refractivity contribution in [2.24, 2.45) is 0 Å². The number of halogens is 1. The highest BCUT2D eigenvalue weighted by atomic mass is 19.1. The zero-order valence-electron chi connectivity index (χ0n) is 12.0. The minimum absolute atomic E-state index is 0.291. The van der Waals surface area contributed by atoms with Crippen LogP contribution < -0.4 is 5.73 Å². The predicted molar refractivity (Wildman–Crippen MR) is 73.4 cm³/mol. The number of rotatable bonds is 4. The van der Waals surface area contributed by atoms with Crippen LogP contribution in [-0.2, 0) is 11.3 Å². The van der Waals surface area contributed by atoms with Gasteiger partial charge in [-0.05, 0) is 48.9 Å². The van der Waals surface area contributed by atoms with E-state index < -0.39 is 5.60 Å². The minimum Gasteiger partial charge on any atom is -0.399 e. The quantitative estimate of drug-likeness (QED) is 0.863. The van der Waals surface area contributed by atoms with Crippen LogP contribution in [0.25, 0.3) is 11.4 Å². The number of anilines is 1. The van der Waals surface area contributed by atoms with E-state index in [0.717, 1.165) is 0 Å². The Kier molecular flexibility index (Phi) is 3.71. The lowest BCUT2D eigenvalue weighted by Gasteiger charge is -2.22. The molecule has 2 N–H and O–H groups in total. The van der Waals surface area contributed by atoms with Gasteiger partial charge in [-0.25, -0.2) is 9.07 Å². The molecular weight excluding hydrogens is 261 g/mol. The van der Waals surface area contributed by atoms with Gasteiger partial charge in [0.1, 0.15) is 5.82 Å². The molecule has 20 heavy (non-hydrogen) atoms. The molecular formula is C13H18FN5O. The van der Waals surface area contributed by atoms with Gasteiger partial charge in [0.25, 0.3) is 0 Å². The largest absolute Gasteiger partial charge is 0.399 e. The Morgan fingerprint density at radius 3 is 2.75 bits per heavy atom. The molecule has 0 atom stereocenters. The number of hydrogen-bond acceptors (Lipinski definition) is 5. The van der Waals surface area contributed by atoms with Crippen LogP contribution in [0.15, 0.2) is 12.1 Å². The van der Waals surface area contributed by atoms with Crippen molar-refractivity contribution in [1.29, 1.82) is 0 Å². The van der Waals surface area contributed by atoms with Gasteiger partial charge in [-0.1, -0.05) is 0 Å². The first-order chi connectivity index (χ1) is 9.34. The summed E-state index contributed by atoms with van der Waals surface area (Å²) >= 11 is 0. The van der Waals surface area contributed by atoms with Crippen molar-refractivity contribution in [1.82, 2.24) is 20.2 Å². The molecule has 0 fully saturated rings. The average Bonchev–Trinajstić information content (AvgIpc) is 2.81. The van der Waals surface area contributed by atoms with Crippen LogP contribution >= 0.6 is 0 Å². The Hall–Kier alpha value is -2.02. The number of methoxy groups -OCH3 is 1. The number of tetrazole rings is 1. The van der Waals surface area contributed by atoms with Gasteiger partial charge in [-0.3, -0.25) is 0 Å². The van der Waals surface area contributed by atoms with Crippen LogP contribution in [0.1, 0.15) is 19.4 Å². The third-order valence-electron chi connectivity index (χ3n) is 3.13. The van der Waals surface area contributed by atoms with Crippen LogP contribution in [0.4, 0.5) is 10.1 Å². The molecule has 0 bridgehead atoms. The highest BCUT2D eigenvalue weighted by Crippen LogP contribution is 2.26. The zero-order valence-corrected chi connectivity index (χ0v) is 12.0. The van der Waals surface area contributed by atoms with E-state index in [2.05, 4.69) is 15.5 Å². The van der Waals surface area contributed by atoms with Gasteiger partial charge in [0, 0.05) is 12.8 Å². The van der Waals surface area contributed by atoms with Crippen LogP contribution in [0.2, 0.25) is 0 Å². The summed E-state index contributed by atoms with van der Waals surface area (Å²) < 4.78 is 21.1. The molecule has 1 aromatic carbocycles. The van der Waals surface area contributed by atoms with E-state index in [0.29, 0.717) is 29.2 Å². The molecule has 1 aromatic heterocycles. The topological polar surface area (TPSA) is 78.8 Å². The second-order valence-corrected chi connectivity index (χ2v) is 5.32. The number of nitrogens with zero attached hydrogens (tertiary/aromatic N) is 4. The second-order valence-electron chi connectivity index (χ2n) is 5.32. The lowest BCUT2D eigenvalue weighted by atomic mass is 10.1. The molecule has 0 saturated carbocycles. The van der Waals surface area contributed by atoms with Gasteiger partial charge >= 0.3 is 0 Å². The molecule has 7 heteroatoms. The highest BCUT2D eigenvalue weighted by molar-refractivity contribution is 5.63. The predicted octanol–water partition coefficient (Wildman–Crippen LogP) is 1.79. The van der Waals surface area contributed by atoms with Gasteiger partial charge < -0.3 is 10.5 Å². The van der Waals surface area contributed by atoms with E-state index >= 15 is 0 Å². The number of aromatic nitrogens is 4. The SMILES string of the molecule is COC(C)(C)Cn1nnnc1-c1cc(N)cc(C)c1F. The van der Waals surface area contributed by atoms with Crippen molar-refractivity contribution in [2.75, 3.05) is 12.8 Å². The van der Waals surface area contributed by atoms with Gasteiger partial charge in [-0.2, -0.15) is 0 Å². The molecule has 2 aromatic rings. The van der Waals surface area contributed by atoms with Gasteiger partial charge in [0.05, 0.1) is 17.7 Å². The second kappa shape index (κ2) is 5.16. The van der Waals surface area contributed by atoms with Crippen LogP contribution in [0.5, 0.6) is 0 Å². The summed E-state index contributed by atoms with van der Waals surface area (Å²) in [6, 6.07) is 3.11. The Morgan fingerprint density at radius 2 is 2.10 bits per heavy atom. The molecule has 0 aliphatic rings. The monoisotopic (exact) mass is 279 g/mol. The van der Waals surface area contributed by atoms with Crippen LogP contribution in [-0.4, -0.2) is 32.9 Å². The van der Waals surface area contributed by atoms with E-state index in [1.807, 2.05) is 13.8 Å².